The molecular formula is C18H16F4N2O2S. The maximum absolute atomic E-state index is 13.6. The van der Waals surface area contributed by atoms with Crippen molar-refractivity contribution in [3.63, 3.8) is 0 Å². The van der Waals surface area contributed by atoms with Crippen molar-refractivity contribution in [2.75, 3.05) is 16.4 Å². The van der Waals surface area contributed by atoms with Gasteiger partial charge in [-0.3, -0.25) is 9.59 Å². The second-order valence-corrected chi connectivity index (χ2v) is 6.55. The van der Waals surface area contributed by atoms with Crippen molar-refractivity contribution >= 4 is 35.0 Å². The molecule has 0 bridgehead atoms. The fourth-order valence-electron chi connectivity index (χ4n) is 2.12. The Kier molecular flexibility index (Phi) is 7.23. The Morgan fingerprint density at radius 1 is 0.963 bits per heavy atom. The molecule has 9 heteroatoms. The minimum absolute atomic E-state index is 0.0629. The number of hydrogen-bond donors (Lipinski definition) is 2. The van der Waals surface area contributed by atoms with E-state index in [1.54, 1.807) is 24.3 Å². The number of nitrogens with one attached hydrogen (secondary N) is 2. The second kappa shape index (κ2) is 9.40. The normalized spacial score (nSPS) is 10.6. The SMILES string of the molecule is CCCC(=O)Nc1cccc(SCC(=O)Nc2c(F)c(F)cc(F)c2F)c1. The van der Waals surface area contributed by atoms with Gasteiger partial charge in [0.2, 0.25) is 11.8 Å². The van der Waals surface area contributed by atoms with Crippen LogP contribution >= 0.6 is 11.8 Å². The molecule has 27 heavy (non-hydrogen) atoms. The van der Waals surface area contributed by atoms with Gasteiger partial charge in [-0.1, -0.05) is 13.0 Å². The summed E-state index contributed by atoms with van der Waals surface area (Å²) in [5.41, 5.74) is -0.623. The van der Waals surface area contributed by atoms with E-state index >= 15 is 0 Å². The molecule has 2 aromatic carbocycles. The average molecular weight is 400 g/mol. The molecule has 0 aliphatic heterocycles. The molecule has 0 aliphatic rings. The van der Waals surface area contributed by atoms with Crippen LogP contribution in [-0.2, 0) is 9.59 Å². The number of hydrogen-bond acceptors (Lipinski definition) is 3. The second-order valence-electron chi connectivity index (χ2n) is 5.51. The van der Waals surface area contributed by atoms with Crippen LogP contribution in [0.5, 0.6) is 0 Å². The van der Waals surface area contributed by atoms with Crippen LogP contribution in [0.25, 0.3) is 0 Å². The first-order valence-corrected chi connectivity index (χ1v) is 8.96. The van der Waals surface area contributed by atoms with E-state index < -0.39 is 34.9 Å². The van der Waals surface area contributed by atoms with Gasteiger partial charge in [0.25, 0.3) is 0 Å². The van der Waals surface area contributed by atoms with Gasteiger partial charge in [0, 0.05) is 23.1 Å². The van der Waals surface area contributed by atoms with Crippen LogP contribution in [0.1, 0.15) is 19.8 Å². The first-order chi connectivity index (χ1) is 12.8. The lowest BCUT2D eigenvalue weighted by Crippen LogP contribution is -2.17. The zero-order valence-corrected chi connectivity index (χ0v) is 15.1. The summed E-state index contributed by atoms with van der Waals surface area (Å²) in [4.78, 5) is 24.1. The Hall–Kier alpha value is -2.55. The Labute approximate surface area is 157 Å². The lowest BCUT2D eigenvalue weighted by Gasteiger charge is -2.09. The lowest BCUT2D eigenvalue weighted by atomic mass is 10.2. The molecule has 0 unspecified atom stereocenters. The molecule has 0 heterocycles. The molecule has 4 nitrogen and oxygen atoms in total. The van der Waals surface area contributed by atoms with E-state index in [-0.39, 0.29) is 17.7 Å². The Morgan fingerprint density at radius 2 is 1.63 bits per heavy atom. The van der Waals surface area contributed by atoms with E-state index in [2.05, 4.69) is 5.32 Å². The summed E-state index contributed by atoms with van der Waals surface area (Å²) < 4.78 is 53.4. The van der Waals surface area contributed by atoms with Crippen LogP contribution in [0.3, 0.4) is 0 Å². The van der Waals surface area contributed by atoms with Gasteiger partial charge in [0.05, 0.1) is 5.75 Å². The number of carbonyl (C=O) groups excluding carboxylic acids is 2. The molecule has 2 amide bonds. The quantitative estimate of drug-likeness (QED) is 0.402. The molecule has 2 rings (SSSR count). The monoisotopic (exact) mass is 400 g/mol. The molecule has 2 aromatic rings. The first-order valence-electron chi connectivity index (χ1n) is 7.97. The Bertz CT molecular complexity index is 835. The highest BCUT2D eigenvalue weighted by Crippen LogP contribution is 2.26. The maximum Gasteiger partial charge on any atom is 0.234 e. The third-order valence-electron chi connectivity index (χ3n) is 3.34. The standard InChI is InChI=1S/C18H16F4N2O2S/c1-2-4-14(25)23-10-5-3-6-11(7-10)27-9-15(26)24-18-16(21)12(19)8-13(20)17(18)22/h3,5-8H,2,4,9H2,1H3,(H,23,25)(H,24,26). The number of amides is 2. The Balaban J connectivity index is 2.00. The molecular weight excluding hydrogens is 384 g/mol. The van der Waals surface area contributed by atoms with Gasteiger partial charge in [-0.2, -0.15) is 0 Å². The van der Waals surface area contributed by atoms with E-state index in [9.17, 15) is 27.2 Å². The fourth-order valence-corrected chi connectivity index (χ4v) is 2.88. The van der Waals surface area contributed by atoms with Gasteiger partial charge in [-0.15, -0.1) is 11.8 Å². The van der Waals surface area contributed by atoms with Gasteiger partial charge >= 0.3 is 0 Å². The van der Waals surface area contributed by atoms with Crippen molar-refractivity contribution in [3.8, 4) is 0 Å². The van der Waals surface area contributed by atoms with Crippen LogP contribution in [0.15, 0.2) is 35.2 Å². The molecule has 144 valence electrons. The molecule has 0 fully saturated rings. The van der Waals surface area contributed by atoms with Gasteiger partial charge < -0.3 is 10.6 Å². The number of thioether (sulfide) groups is 1. The van der Waals surface area contributed by atoms with E-state index in [0.29, 0.717) is 23.4 Å². The van der Waals surface area contributed by atoms with Gasteiger partial charge in [-0.05, 0) is 24.6 Å². The molecule has 0 radical (unpaired) electrons. The van der Waals surface area contributed by atoms with Crippen LogP contribution < -0.4 is 10.6 Å². The highest BCUT2D eigenvalue weighted by atomic mass is 32.2. The van der Waals surface area contributed by atoms with Crippen molar-refractivity contribution < 1.29 is 27.2 Å². The summed E-state index contributed by atoms with van der Waals surface area (Å²) in [6, 6.07) is 6.72. The largest absolute Gasteiger partial charge is 0.326 e. The summed E-state index contributed by atoms with van der Waals surface area (Å²) in [5, 5.41) is 4.54. The van der Waals surface area contributed by atoms with Gasteiger partial charge in [0.15, 0.2) is 23.3 Å². The zero-order valence-electron chi connectivity index (χ0n) is 14.2. The third kappa shape index (κ3) is 5.72. The topological polar surface area (TPSA) is 58.2 Å². The predicted octanol–water partition coefficient (Wildman–Crippen LogP) is 4.71. The molecule has 2 N–H and O–H groups in total. The van der Waals surface area contributed by atoms with E-state index in [1.165, 1.54) is 0 Å². The van der Waals surface area contributed by atoms with Crippen molar-refractivity contribution in [2.45, 2.75) is 24.7 Å². The Morgan fingerprint density at radius 3 is 2.26 bits per heavy atom. The highest BCUT2D eigenvalue weighted by Gasteiger charge is 2.20. The highest BCUT2D eigenvalue weighted by molar-refractivity contribution is 8.00. The predicted molar refractivity (Wildman–Crippen MR) is 95.6 cm³/mol. The van der Waals surface area contributed by atoms with E-state index in [1.807, 2.05) is 12.2 Å². The molecule has 0 saturated carbocycles. The van der Waals surface area contributed by atoms with Crippen molar-refractivity contribution in [1.82, 2.24) is 0 Å². The molecule has 0 atom stereocenters. The molecule has 0 aromatic heterocycles. The minimum atomic E-state index is -1.67. The van der Waals surface area contributed by atoms with E-state index in [4.69, 9.17) is 0 Å². The number of rotatable bonds is 7. The van der Waals surface area contributed by atoms with E-state index in [0.717, 1.165) is 11.8 Å². The lowest BCUT2D eigenvalue weighted by molar-refractivity contribution is -0.116. The molecule has 0 spiro atoms. The zero-order chi connectivity index (χ0) is 20.0. The van der Waals surface area contributed by atoms with Gasteiger partial charge in [-0.25, -0.2) is 17.6 Å². The number of halogens is 4. The number of carbonyl (C=O) groups is 2. The molecule has 0 saturated heterocycles. The van der Waals surface area contributed by atoms with Crippen molar-refractivity contribution in [2.24, 2.45) is 0 Å². The third-order valence-corrected chi connectivity index (χ3v) is 4.33. The van der Waals surface area contributed by atoms with Crippen LogP contribution in [0.2, 0.25) is 0 Å². The summed E-state index contributed by atoms with van der Waals surface area (Å²) >= 11 is 1.03. The summed E-state index contributed by atoms with van der Waals surface area (Å²) in [6.07, 6.45) is 1.08. The minimum Gasteiger partial charge on any atom is -0.326 e. The molecule has 0 aliphatic carbocycles. The number of anilines is 2. The van der Waals surface area contributed by atoms with Crippen LogP contribution in [-0.4, -0.2) is 17.6 Å². The summed E-state index contributed by atoms with van der Waals surface area (Å²) in [7, 11) is 0. The van der Waals surface area contributed by atoms with Crippen molar-refractivity contribution in [1.29, 1.82) is 0 Å². The number of benzene rings is 2. The first kappa shape index (κ1) is 20.8. The van der Waals surface area contributed by atoms with Crippen LogP contribution in [0, 0.1) is 23.3 Å². The maximum atomic E-state index is 13.6. The van der Waals surface area contributed by atoms with Crippen LogP contribution in [0.4, 0.5) is 28.9 Å². The summed E-state index contributed by atoms with van der Waals surface area (Å²) in [5.74, 6) is -7.80. The fraction of sp³-hybridized carbons (Fsp3) is 0.222. The smallest absolute Gasteiger partial charge is 0.234 e. The summed E-state index contributed by atoms with van der Waals surface area (Å²) in [6.45, 7) is 1.88. The van der Waals surface area contributed by atoms with Crippen molar-refractivity contribution in [3.05, 3.63) is 53.6 Å². The average Bonchev–Trinajstić information content (AvgIpc) is 2.62. The van der Waals surface area contributed by atoms with Gasteiger partial charge in [0.1, 0.15) is 5.69 Å².